The summed E-state index contributed by atoms with van der Waals surface area (Å²) in [5.41, 5.74) is 1.80. The average Bonchev–Trinajstić information content (AvgIpc) is 3.46. The van der Waals surface area contributed by atoms with Crippen molar-refractivity contribution in [2.24, 2.45) is 0 Å². The summed E-state index contributed by atoms with van der Waals surface area (Å²) in [5, 5.41) is 12.7. The number of carbonyl (C=O) groups excluding carboxylic acids is 1. The van der Waals surface area contributed by atoms with Gasteiger partial charge in [-0.15, -0.1) is 10.2 Å². The van der Waals surface area contributed by atoms with Gasteiger partial charge in [0, 0.05) is 5.69 Å². The van der Waals surface area contributed by atoms with Crippen LogP contribution in [0.25, 0.3) is 0 Å². The lowest BCUT2D eigenvalue weighted by Crippen LogP contribution is -2.24. The Labute approximate surface area is 203 Å². The summed E-state index contributed by atoms with van der Waals surface area (Å²) in [6, 6.07) is 15.4. The molecule has 1 fully saturated rings. The van der Waals surface area contributed by atoms with E-state index in [1.54, 1.807) is 25.3 Å². The molecule has 0 aliphatic carbocycles. The van der Waals surface area contributed by atoms with E-state index >= 15 is 0 Å². The smallest absolute Gasteiger partial charge is 0.237 e. The quantitative estimate of drug-likeness (QED) is 0.443. The summed E-state index contributed by atoms with van der Waals surface area (Å²) >= 11 is 7.59. The van der Waals surface area contributed by atoms with Gasteiger partial charge in [-0.05, 0) is 56.6 Å². The van der Waals surface area contributed by atoms with Crippen LogP contribution in [0.4, 0.5) is 5.69 Å². The van der Waals surface area contributed by atoms with Crippen LogP contribution in [-0.2, 0) is 17.9 Å². The highest BCUT2D eigenvalue weighted by atomic mass is 35.5. The molecule has 0 radical (unpaired) electrons. The molecule has 3 aromatic rings. The Morgan fingerprint density at radius 2 is 1.91 bits per heavy atom. The van der Waals surface area contributed by atoms with Crippen molar-refractivity contribution in [2.45, 2.75) is 43.3 Å². The first-order chi connectivity index (χ1) is 16.0. The molecule has 1 amide bonds. The normalized spacial score (nSPS) is 14.9. The Morgan fingerprint density at radius 1 is 1.15 bits per heavy atom. The Bertz CT molecular complexity index is 1090. The lowest BCUT2D eigenvalue weighted by atomic mass is 10.2. The maximum absolute atomic E-state index is 12.9. The molecule has 1 aromatic heterocycles. The number of anilines is 1. The number of thioether (sulfide) groups is 1. The molecule has 2 heterocycles. The molecule has 1 atom stereocenters. The van der Waals surface area contributed by atoms with Gasteiger partial charge in [0.1, 0.15) is 11.6 Å². The standard InChI is InChI=1S/C24H28ClN5O2S/c1-17(23(31)26-19-10-11-21(32-2)20(25)14-19)33-24-28-27-22(16-29-12-6-7-13-29)30(24)15-18-8-4-3-5-9-18/h3-5,8-11,14,17H,6-7,12-13,15-16H2,1-2H3,(H,26,31). The second kappa shape index (κ2) is 11.0. The van der Waals surface area contributed by atoms with Crippen molar-refractivity contribution in [2.75, 3.05) is 25.5 Å². The number of ether oxygens (including phenoxy) is 1. The highest BCUT2D eigenvalue weighted by Crippen LogP contribution is 2.29. The molecular weight excluding hydrogens is 458 g/mol. The summed E-state index contributed by atoms with van der Waals surface area (Å²) in [7, 11) is 1.56. The van der Waals surface area contributed by atoms with E-state index in [9.17, 15) is 4.79 Å². The Hall–Kier alpha value is -2.55. The number of nitrogens with one attached hydrogen (secondary N) is 1. The van der Waals surface area contributed by atoms with Gasteiger partial charge in [0.25, 0.3) is 0 Å². The second-order valence-corrected chi connectivity index (χ2v) is 9.77. The summed E-state index contributed by atoms with van der Waals surface area (Å²) in [4.78, 5) is 15.3. The molecule has 9 heteroatoms. The minimum atomic E-state index is -0.371. The zero-order valence-electron chi connectivity index (χ0n) is 18.8. The number of benzene rings is 2. The van der Waals surface area contributed by atoms with Crippen LogP contribution in [0.2, 0.25) is 5.02 Å². The molecule has 1 aliphatic rings. The van der Waals surface area contributed by atoms with Gasteiger partial charge in [-0.3, -0.25) is 9.69 Å². The fourth-order valence-electron chi connectivity index (χ4n) is 3.79. The van der Waals surface area contributed by atoms with Gasteiger partial charge in [-0.1, -0.05) is 53.7 Å². The molecule has 0 saturated carbocycles. The van der Waals surface area contributed by atoms with E-state index < -0.39 is 0 Å². The van der Waals surface area contributed by atoms with Crippen molar-refractivity contribution in [3.05, 3.63) is 64.9 Å². The maximum Gasteiger partial charge on any atom is 0.237 e. The molecule has 7 nitrogen and oxygen atoms in total. The molecule has 1 unspecified atom stereocenters. The molecule has 1 aliphatic heterocycles. The predicted octanol–water partition coefficient (Wildman–Crippen LogP) is 4.70. The van der Waals surface area contributed by atoms with Gasteiger partial charge in [0.2, 0.25) is 5.91 Å². The van der Waals surface area contributed by atoms with Crippen LogP contribution in [0.15, 0.2) is 53.7 Å². The predicted molar refractivity (Wildman–Crippen MR) is 132 cm³/mol. The number of amides is 1. The van der Waals surface area contributed by atoms with Gasteiger partial charge in [0.05, 0.1) is 30.5 Å². The molecule has 2 aromatic carbocycles. The van der Waals surface area contributed by atoms with E-state index in [1.165, 1.54) is 30.2 Å². The van der Waals surface area contributed by atoms with Crippen molar-refractivity contribution in [3.63, 3.8) is 0 Å². The summed E-state index contributed by atoms with van der Waals surface area (Å²) in [6.07, 6.45) is 2.45. The molecule has 4 rings (SSSR count). The van der Waals surface area contributed by atoms with Crippen LogP contribution in [0.1, 0.15) is 31.2 Å². The van der Waals surface area contributed by atoms with Crippen LogP contribution in [0.3, 0.4) is 0 Å². The SMILES string of the molecule is COc1ccc(NC(=O)C(C)Sc2nnc(CN3CCCC3)n2Cc2ccccc2)cc1Cl. The van der Waals surface area contributed by atoms with Gasteiger partial charge >= 0.3 is 0 Å². The first-order valence-corrected chi connectivity index (χ1v) is 12.3. The second-order valence-electron chi connectivity index (χ2n) is 8.05. The van der Waals surface area contributed by atoms with Crippen molar-refractivity contribution in [3.8, 4) is 5.75 Å². The van der Waals surface area contributed by atoms with E-state index in [2.05, 4.69) is 37.1 Å². The maximum atomic E-state index is 12.9. The minimum Gasteiger partial charge on any atom is -0.495 e. The Kier molecular flexibility index (Phi) is 7.90. The molecule has 1 N–H and O–H groups in total. The summed E-state index contributed by atoms with van der Waals surface area (Å²) in [5.74, 6) is 1.37. The minimum absolute atomic E-state index is 0.128. The average molecular weight is 486 g/mol. The Morgan fingerprint density at radius 3 is 2.61 bits per heavy atom. The number of hydrogen-bond acceptors (Lipinski definition) is 6. The number of methoxy groups -OCH3 is 1. The fraction of sp³-hybridized carbons (Fsp3) is 0.375. The molecule has 0 bridgehead atoms. The Balaban J connectivity index is 1.49. The van der Waals surface area contributed by atoms with E-state index in [0.29, 0.717) is 23.0 Å². The molecule has 0 spiro atoms. The highest BCUT2D eigenvalue weighted by molar-refractivity contribution is 8.00. The number of likely N-dealkylation sites (tertiary alicyclic amines) is 1. The summed E-state index contributed by atoms with van der Waals surface area (Å²) in [6.45, 7) is 5.48. The third kappa shape index (κ3) is 6.07. The van der Waals surface area contributed by atoms with Gasteiger partial charge in [-0.2, -0.15) is 0 Å². The lowest BCUT2D eigenvalue weighted by Gasteiger charge is -2.17. The van der Waals surface area contributed by atoms with Crippen molar-refractivity contribution in [1.29, 1.82) is 0 Å². The van der Waals surface area contributed by atoms with Crippen LogP contribution in [0.5, 0.6) is 5.75 Å². The first kappa shape index (κ1) is 23.6. The molecule has 1 saturated heterocycles. The zero-order chi connectivity index (χ0) is 23.2. The highest BCUT2D eigenvalue weighted by Gasteiger charge is 2.22. The number of carbonyl (C=O) groups is 1. The molecule has 33 heavy (non-hydrogen) atoms. The van der Waals surface area contributed by atoms with Crippen LogP contribution in [0, 0.1) is 0 Å². The number of hydrogen-bond donors (Lipinski definition) is 1. The van der Waals surface area contributed by atoms with E-state index in [0.717, 1.165) is 30.6 Å². The van der Waals surface area contributed by atoms with E-state index in [-0.39, 0.29) is 11.2 Å². The van der Waals surface area contributed by atoms with Gasteiger partial charge < -0.3 is 14.6 Å². The topological polar surface area (TPSA) is 72.3 Å². The largest absolute Gasteiger partial charge is 0.495 e. The molecule has 174 valence electrons. The summed E-state index contributed by atoms with van der Waals surface area (Å²) < 4.78 is 7.30. The van der Waals surface area contributed by atoms with Crippen molar-refractivity contribution in [1.82, 2.24) is 19.7 Å². The van der Waals surface area contributed by atoms with Gasteiger partial charge in [0.15, 0.2) is 5.16 Å². The van der Waals surface area contributed by atoms with Gasteiger partial charge in [-0.25, -0.2) is 0 Å². The first-order valence-electron chi connectivity index (χ1n) is 11.0. The fourth-order valence-corrected chi connectivity index (χ4v) is 4.91. The van der Waals surface area contributed by atoms with Crippen molar-refractivity contribution < 1.29 is 9.53 Å². The van der Waals surface area contributed by atoms with Crippen molar-refractivity contribution >= 4 is 35.0 Å². The van der Waals surface area contributed by atoms with Crippen LogP contribution in [-0.4, -0.2) is 51.0 Å². The zero-order valence-corrected chi connectivity index (χ0v) is 20.4. The third-order valence-corrected chi connectivity index (χ3v) is 6.99. The van der Waals surface area contributed by atoms with Crippen LogP contribution >= 0.6 is 23.4 Å². The number of rotatable bonds is 9. The van der Waals surface area contributed by atoms with Crippen LogP contribution < -0.4 is 10.1 Å². The van der Waals surface area contributed by atoms with E-state index in [4.69, 9.17) is 16.3 Å². The lowest BCUT2D eigenvalue weighted by molar-refractivity contribution is -0.115. The third-order valence-electron chi connectivity index (χ3n) is 5.61. The number of aromatic nitrogens is 3. The monoisotopic (exact) mass is 485 g/mol. The molecular formula is C24H28ClN5O2S. The number of nitrogens with zero attached hydrogens (tertiary/aromatic N) is 4. The number of halogens is 1. The van der Waals surface area contributed by atoms with E-state index in [1.807, 2.05) is 25.1 Å².